The average Bonchev–Trinajstić information content (AvgIpc) is 2.72. The van der Waals surface area contributed by atoms with Crippen molar-refractivity contribution in [2.75, 3.05) is 6.54 Å². The molecule has 0 unspecified atom stereocenters. The molecule has 1 aromatic rings. The summed E-state index contributed by atoms with van der Waals surface area (Å²) in [5.41, 5.74) is 7.72. The Morgan fingerprint density at radius 2 is 2.57 bits per heavy atom. The Morgan fingerprint density at radius 3 is 3.14 bits per heavy atom. The molecule has 14 heavy (non-hydrogen) atoms. The molecule has 2 atom stereocenters. The second kappa shape index (κ2) is 3.67. The van der Waals surface area contributed by atoms with Crippen LogP contribution >= 0.6 is 11.3 Å². The van der Waals surface area contributed by atoms with Gasteiger partial charge in [-0.05, 0) is 6.92 Å². The Labute approximate surface area is 86.7 Å². The summed E-state index contributed by atoms with van der Waals surface area (Å²) in [4.78, 5) is 18.5. The van der Waals surface area contributed by atoms with Crippen molar-refractivity contribution in [2.45, 2.75) is 25.4 Å². The van der Waals surface area contributed by atoms with E-state index in [0.717, 1.165) is 11.4 Å². The van der Waals surface area contributed by atoms with Crippen LogP contribution < -0.4 is 5.73 Å². The number of carbonyl (C=O) groups excluding carboxylic acids is 1. The summed E-state index contributed by atoms with van der Waals surface area (Å²) in [6, 6.07) is -0.0390. The number of carbonyl (C=O) groups is 1. The molecule has 2 N–H and O–H groups in total. The Morgan fingerprint density at radius 1 is 1.79 bits per heavy atom. The highest BCUT2D eigenvalue weighted by Crippen LogP contribution is 2.33. The first kappa shape index (κ1) is 9.61. The molecule has 0 radical (unpaired) electrons. The summed E-state index contributed by atoms with van der Waals surface area (Å²) in [6.45, 7) is 2.69. The van der Waals surface area contributed by atoms with Gasteiger partial charge in [0, 0.05) is 30.1 Å². The van der Waals surface area contributed by atoms with Gasteiger partial charge >= 0.3 is 0 Å². The third kappa shape index (κ3) is 1.42. The Kier molecular flexibility index (Phi) is 2.52. The second-order valence-electron chi connectivity index (χ2n) is 3.40. The van der Waals surface area contributed by atoms with Crippen molar-refractivity contribution in [3.8, 4) is 0 Å². The van der Waals surface area contributed by atoms with Gasteiger partial charge in [-0.25, -0.2) is 0 Å². The number of thiazole rings is 1. The first-order valence-corrected chi connectivity index (χ1v) is 5.55. The van der Waals surface area contributed by atoms with E-state index in [-0.39, 0.29) is 18.0 Å². The molecule has 2 heterocycles. The van der Waals surface area contributed by atoms with Gasteiger partial charge in [0.15, 0.2) is 0 Å². The van der Waals surface area contributed by atoms with Crippen LogP contribution in [-0.2, 0) is 4.79 Å². The van der Waals surface area contributed by atoms with Crippen molar-refractivity contribution in [1.82, 2.24) is 9.88 Å². The van der Waals surface area contributed by atoms with Crippen LogP contribution in [0, 0.1) is 0 Å². The highest BCUT2D eigenvalue weighted by atomic mass is 32.1. The van der Waals surface area contributed by atoms with Crippen LogP contribution in [0.3, 0.4) is 0 Å². The van der Waals surface area contributed by atoms with Crippen molar-refractivity contribution >= 4 is 17.2 Å². The molecule has 1 fully saturated rings. The van der Waals surface area contributed by atoms with Crippen LogP contribution in [0.15, 0.2) is 11.7 Å². The monoisotopic (exact) mass is 211 g/mol. The molecule has 0 aliphatic carbocycles. The molecule has 0 spiro atoms. The van der Waals surface area contributed by atoms with Crippen LogP contribution in [0.2, 0.25) is 0 Å². The van der Waals surface area contributed by atoms with Gasteiger partial charge in [0.05, 0.1) is 11.6 Å². The summed E-state index contributed by atoms with van der Waals surface area (Å²) < 4.78 is 0. The molecule has 1 aliphatic rings. The lowest BCUT2D eigenvalue weighted by Gasteiger charge is -2.23. The van der Waals surface area contributed by atoms with Crippen LogP contribution in [0.25, 0.3) is 0 Å². The molecule has 2 rings (SSSR count). The quantitative estimate of drug-likeness (QED) is 0.785. The van der Waals surface area contributed by atoms with E-state index >= 15 is 0 Å². The second-order valence-corrected chi connectivity index (χ2v) is 4.31. The van der Waals surface area contributed by atoms with E-state index in [1.807, 2.05) is 11.8 Å². The third-order valence-electron chi connectivity index (χ3n) is 2.56. The molecular weight excluding hydrogens is 198 g/mol. The molecule has 0 aromatic carbocycles. The fourth-order valence-corrected chi connectivity index (χ4v) is 2.73. The predicted octanol–water partition coefficient (Wildman–Crippen LogP) is 0.764. The lowest BCUT2D eigenvalue weighted by atomic mass is 10.1. The summed E-state index contributed by atoms with van der Waals surface area (Å²) in [6.07, 6.45) is 2.26. The molecule has 1 aromatic heterocycles. The van der Waals surface area contributed by atoms with Crippen molar-refractivity contribution in [3.05, 3.63) is 16.6 Å². The Balaban J connectivity index is 2.28. The van der Waals surface area contributed by atoms with Crippen LogP contribution in [-0.4, -0.2) is 28.4 Å². The minimum atomic E-state index is -0.0806. The number of likely N-dealkylation sites (N-methyl/N-ethyl adjacent to an activating group) is 1. The van der Waals surface area contributed by atoms with Gasteiger partial charge in [-0.15, -0.1) is 11.3 Å². The van der Waals surface area contributed by atoms with Gasteiger partial charge in [-0.1, -0.05) is 0 Å². The van der Waals surface area contributed by atoms with Crippen molar-refractivity contribution in [2.24, 2.45) is 5.73 Å². The third-order valence-corrected chi connectivity index (χ3v) is 3.40. The molecule has 1 aliphatic heterocycles. The molecule has 1 saturated heterocycles. The van der Waals surface area contributed by atoms with Gasteiger partial charge in [0.1, 0.15) is 0 Å². The molecule has 1 amide bonds. The van der Waals surface area contributed by atoms with E-state index < -0.39 is 0 Å². The minimum absolute atomic E-state index is 0.0417. The number of amides is 1. The summed E-state index contributed by atoms with van der Waals surface area (Å²) >= 11 is 1.56. The van der Waals surface area contributed by atoms with Gasteiger partial charge in [-0.2, -0.15) is 0 Å². The first-order chi connectivity index (χ1) is 6.74. The zero-order chi connectivity index (χ0) is 10.1. The Bertz CT molecular complexity index is 325. The maximum Gasteiger partial charge on any atom is 0.224 e. The minimum Gasteiger partial charge on any atom is -0.333 e. The normalized spacial score (nSPS) is 27.3. The fraction of sp³-hybridized carbons (Fsp3) is 0.556. The van der Waals surface area contributed by atoms with Crippen LogP contribution in [0.5, 0.6) is 0 Å². The average molecular weight is 211 g/mol. The largest absolute Gasteiger partial charge is 0.333 e. The molecule has 76 valence electrons. The highest BCUT2D eigenvalue weighted by Gasteiger charge is 2.38. The van der Waals surface area contributed by atoms with Crippen LogP contribution in [0.1, 0.15) is 24.3 Å². The first-order valence-electron chi connectivity index (χ1n) is 4.67. The van der Waals surface area contributed by atoms with Gasteiger partial charge in [0.25, 0.3) is 0 Å². The van der Waals surface area contributed by atoms with E-state index in [1.54, 1.807) is 23.0 Å². The fourth-order valence-electron chi connectivity index (χ4n) is 1.93. The number of hydrogen-bond acceptors (Lipinski definition) is 4. The van der Waals surface area contributed by atoms with Crippen molar-refractivity contribution in [3.63, 3.8) is 0 Å². The Hall–Kier alpha value is -0.940. The number of aromatic nitrogens is 1. The standard InChI is InChI=1S/C9H13N3OS/c1-2-12-8(13)3-6(10)9(12)7-4-11-5-14-7/h4-6,9H,2-3,10H2,1H3/t6-,9-/m0/s1. The SMILES string of the molecule is CCN1C(=O)C[C@H](N)[C@H]1c1cncs1. The molecule has 0 saturated carbocycles. The van der Waals surface area contributed by atoms with E-state index in [4.69, 9.17) is 5.73 Å². The van der Waals surface area contributed by atoms with Crippen molar-refractivity contribution < 1.29 is 4.79 Å². The highest BCUT2D eigenvalue weighted by molar-refractivity contribution is 7.09. The lowest BCUT2D eigenvalue weighted by molar-refractivity contribution is -0.128. The molecule has 4 nitrogen and oxygen atoms in total. The van der Waals surface area contributed by atoms with Gasteiger partial charge in [0.2, 0.25) is 5.91 Å². The zero-order valence-electron chi connectivity index (χ0n) is 8.01. The lowest BCUT2D eigenvalue weighted by Crippen LogP contribution is -2.32. The number of nitrogens with two attached hydrogens (primary N) is 1. The predicted molar refractivity (Wildman–Crippen MR) is 54.8 cm³/mol. The summed E-state index contributed by atoms with van der Waals surface area (Å²) in [7, 11) is 0. The van der Waals surface area contributed by atoms with Gasteiger partial charge in [-0.3, -0.25) is 9.78 Å². The smallest absolute Gasteiger partial charge is 0.224 e. The topological polar surface area (TPSA) is 59.2 Å². The maximum atomic E-state index is 11.6. The van der Waals surface area contributed by atoms with E-state index in [9.17, 15) is 4.79 Å². The van der Waals surface area contributed by atoms with E-state index in [0.29, 0.717) is 6.42 Å². The summed E-state index contributed by atoms with van der Waals surface area (Å²) in [5.74, 6) is 0.151. The number of nitrogens with zero attached hydrogens (tertiary/aromatic N) is 2. The van der Waals surface area contributed by atoms with Crippen molar-refractivity contribution in [1.29, 1.82) is 0 Å². The maximum absolute atomic E-state index is 11.6. The number of likely N-dealkylation sites (tertiary alicyclic amines) is 1. The summed E-state index contributed by atoms with van der Waals surface area (Å²) in [5, 5.41) is 0. The van der Waals surface area contributed by atoms with E-state index in [1.165, 1.54) is 0 Å². The number of hydrogen-bond donors (Lipinski definition) is 1. The zero-order valence-corrected chi connectivity index (χ0v) is 8.83. The molecular formula is C9H13N3OS. The number of rotatable bonds is 2. The molecule has 5 heteroatoms. The molecule has 0 bridgehead atoms. The van der Waals surface area contributed by atoms with E-state index in [2.05, 4.69) is 4.98 Å². The van der Waals surface area contributed by atoms with Gasteiger partial charge < -0.3 is 10.6 Å². The van der Waals surface area contributed by atoms with Crippen LogP contribution in [0.4, 0.5) is 0 Å².